The maximum atomic E-state index is 12.0. The molecule has 1 atom stereocenters. The third-order valence-corrected chi connectivity index (χ3v) is 6.99. The molecule has 0 spiro atoms. The molecular weight excluding hydrogens is 416 g/mol. The number of hydrogen-bond acceptors (Lipinski definition) is 7. The molecule has 2 aliphatic carbocycles. The molecule has 1 fully saturated rings. The first-order chi connectivity index (χ1) is 14.7. The van der Waals surface area contributed by atoms with Crippen molar-refractivity contribution in [1.29, 1.82) is 0 Å². The molecule has 9 heteroatoms. The van der Waals surface area contributed by atoms with Crippen molar-refractivity contribution in [3.8, 4) is 5.88 Å². The fourth-order valence-corrected chi connectivity index (χ4v) is 5.76. The van der Waals surface area contributed by atoms with Gasteiger partial charge in [0, 0.05) is 17.3 Å². The molecule has 2 heterocycles. The number of nitrogens with two attached hydrogens (primary N) is 1. The number of amides is 2. The Morgan fingerprint density at radius 1 is 1.19 bits per heavy atom. The van der Waals surface area contributed by atoms with Gasteiger partial charge in [0.2, 0.25) is 11.8 Å². The highest BCUT2D eigenvalue weighted by molar-refractivity contribution is 7.19. The van der Waals surface area contributed by atoms with Gasteiger partial charge in [0.15, 0.2) is 0 Å². The number of rotatable bonds is 5. The highest BCUT2D eigenvalue weighted by atomic mass is 32.1. The molecule has 31 heavy (non-hydrogen) atoms. The molecule has 0 unspecified atom stereocenters. The summed E-state index contributed by atoms with van der Waals surface area (Å²) >= 11 is 1.66. The van der Waals surface area contributed by atoms with Crippen molar-refractivity contribution in [1.82, 2.24) is 15.3 Å². The molecule has 1 saturated carbocycles. The number of thiophene rings is 1. The average Bonchev–Trinajstić information content (AvgIpc) is 3.21. The lowest BCUT2D eigenvalue weighted by molar-refractivity contribution is -0.118. The number of primary amides is 1. The smallest absolute Gasteiger partial charge is 0.407 e. The van der Waals surface area contributed by atoms with E-state index >= 15 is 0 Å². The van der Waals surface area contributed by atoms with Crippen LogP contribution in [0.15, 0.2) is 6.33 Å². The molecule has 2 aliphatic rings. The monoisotopic (exact) mass is 446 g/mol. The van der Waals surface area contributed by atoms with Gasteiger partial charge < -0.3 is 20.5 Å². The Hall–Kier alpha value is -2.42. The number of nitrogens with zero attached hydrogens (tertiary/aromatic N) is 2. The largest absolute Gasteiger partial charge is 0.474 e. The zero-order chi connectivity index (χ0) is 22.2. The van der Waals surface area contributed by atoms with Crippen molar-refractivity contribution >= 4 is 33.6 Å². The summed E-state index contributed by atoms with van der Waals surface area (Å²) in [5.74, 6) is 0.429. The van der Waals surface area contributed by atoms with Gasteiger partial charge in [-0.25, -0.2) is 14.8 Å². The molecule has 2 amide bonds. The molecule has 0 aliphatic heterocycles. The second-order valence-corrected chi connectivity index (χ2v) is 10.5. The molecule has 0 saturated heterocycles. The van der Waals surface area contributed by atoms with Gasteiger partial charge in [-0.15, -0.1) is 11.3 Å². The molecule has 0 aromatic carbocycles. The van der Waals surface area contributed by atoms with Crippen LogP contribution in [-0.2, 0) is 16.0 Å². The second kappa shape index (κ2) is 8.61. The van der Waals surface area contributed by atoms with Gasteiger partial charge in [0.25, 0.3) is 0 Å². The highest BCUT2D eigenvalue weighted by Gasteiger charge is 2.32. The Bertz CT molecular complexity index is 976. The lowest BCUT2D eigenvalue weighted by atomic mass is 9.93. The average molecular weight is 447 g/mol. The van der Waals surface area contributed by atoms with Crippen LogP contribution in [0.1, 0.15) is 75.7 Å². The lowest BCUT2D eigenvalue weighted by Crippen LogP contribution is -2.42. The van der Waals surface area contributed by atoms with Crippen molar-refractivity contribution in [3.05, 3.63) is 16.8 Å². The topological polar surface area (TPSA) is 116 Å². The predicted molar refractivity (Wildman–Crippen MR) is 118 cm³/mol. The summed E-state index contributed by atoms with van der Waals surface area (Å²) in [7, 11) is 0. The molecule has 2 aromatic heterocycles. The lowest BCUT2D eigenvalue weighted by Gasteiger charge is -2.30. The molecule has 168 valence electrons. The van der Waals surface area contributed by atoms with Gasteiger partial charge in [-0.2, -0.15) is 0 Å². The summed E-state index contributed by atoms with van der Waals surface area (Å²) < 4.78 is 11.7. The number of fused-ring (bicyclic) bond motifs is 3. The minimum atomic E-state index is -0.504. The van der Waals surface area contributed by atoms with Gasteiger partial charge in [-0.1, -0.05) is 0 Å². The number of hydrogen-bond donors (Lipinski definition) is 2. The van der Waals surface area contributed by atoms with E-state index in [1.54, 1.807) is 17.7 Å². The zero-order valence-corrected chi connectivity index (χ0v) is 19.1. The maximum Gasteiger partial charge on any atom is 0.407 e. The maximum absolute atomic E-state index is 12.0. The zero-order valence-electron chi connectivity index (χ0n) is 18.3. The number of alkyl carbamates (subject to hydrolysis) is 1. The minimum Gasteiger partial charge on any atom is -0.474 e. The highest BCUT2D eigenvalue weighted by Crippen LogP contribution is 2.47. The van der Waals surface area contributed by atoms with Crippen LogP contribution >= 0.6 is 11.3 Å². The van der Waals surface area contributed by atoms with Crippen LogP contribution in [0.2, 0.25) is 0 Å². The van der Waals surface area contributed by atoms with Crippen molar-refractivity contribution in [2.75, 3.05) is 0 Å². The standard InChI is InChI=1S/C22H30N4O4S/c1-22(2,3)30-21(28)26-13-5-7-14(8-6-13)29-19-18-17-12(10-16(23)27)4-9-15(17)31-20(18)25-11-24-19/h11-14H,4-10H2,1-3H3,(H2,23,27)(H,26,28)/t12-,13-,14-/m1/s1. The fourth-order valence-electron chi connectivity index (χ4n) is 4.53. The molecule has 3 N–H and O–H groups in total. The first kappa shape index (κ1) is 21.8. The van der Waals surface area contributed by atoms with E-state index in [1.807, 2.05) is 20.8 Å². The van der Waals surface area contributed by atoms with Crippen LogP contribution in [0.25, 0.3) is 10.2 Å². The van der Waals surface area contributed by atoms with Crippen molar-refractivity contribution < 1.29 is 19.1 Å². The van der Waals surface area contributed by atoms with Gasteiger partial charge in [-0.05, 0) is 70.8 Å². The first-order valence-corrected chi connectivity index (χ1v) is 11.7. The van der Waals surface area contributed by atoms with E-state index < -0.39 is 5.60 Å². The first-order valence-electron chi connectivity index (χ1n) is 10.9. The molecule has 8 nitrogen and oxygen atoms in total. The summed E-state index contributed by atoms with van der Waals surface area (Å²) in [4.78, 5) is 34.6. The van der Waals surface area contributed by atoms with Crippen LogP contribution in [0.4, 0.5) is 4.79 Å². The Labute approximate surface area is 185 Å². The summed E-state index contributed by atoms with van der Waals surface area (Å²) in [5.41, 5.74) is 6.12. The second-order valence-electron chi connectivity index (χ2n) is 9.44. The van der Waals surface area contributed by atoms with Crippen molar-refractivity contribution in [2.45, 2.75) is 89.4 Å². The minimum absolute atomic E-state index is 0.0290. The molecular formula is C22H30N4O4S. The van der Waals surface area contributed by atoms with Crippen LogP contribution in [0.5, 0.6) is 5.88 Å². The van der Waals surface area contributed by atoms with Crippen LogP contribution < -0.4 is 15.8 Å². The molecule has 0 radical (unpaired) electrons. The van der Waals surface area contributed by atoms with Crippen molar-refractivity contribution in [2.24, 2.45) is 5.73 Å². The van der Waals surface area contributed by atoms with Gasteiger partial charge in [-0.3, -0.25) is 4.79 Å². The third kappa shape index (κ3) is 5.08. The Kier molecular flexibility index (Phi) is 6.05. The number of aromatic nitrogens is 2. The third-order valence-electron chi connectivity index (χ3n) is 5.82. The summed E-state index contributed by atoms with van der Waals surface area (Å²) in [6.45, 7) is 5.57. The normalized spacial score (nSPS) is 23.4. The summed E-state index contributed by atoms with van der Waals surface area (Å²) in [6.07, 6.45) is 6.70. The summed E-state index contributed by atoms with van der Waals surface area (Å²) in [5, 5.41) is 3.90. The van der Waals surface area contributed by atoms with E-state index in [9.17, 15) is 9.59 Å². The quantitative estimate of drug-likeness (QED) is 0.721. The van der Waals surface area contributed by atoms with Gasteiger partial charge in [0.05, 0.1) is 5.39 Å². The van der Waals surface area contributed by atoms with E-state index in [4.69, 9.17) is 15.2 Å². The van der Waals surface area contributed by atoms with Crippen LogP contribution in [0.3, 0.4) is 0 Å². The number of carbonyl (C=O) groups excluding carboxylic acids is 2. The molecule has 2 aromatic rings. The Balaban J connectivity index is 1.42. The van der Waals surface area contributed by atoms with Gasteiger partial charge >= 0.3 is 6.09 Å². The van der Waals surface area contributed by atoms with E-state index in [0.717, 1.165) is 54.3 Å². The number of carbonyl (C=O) groups is 2. The SMILES string of the molecule is CC(C)(C)OC(=O)N[C@H]1CC[C@H](Oc2ncnc3sc4c(c23)[C@@H](CC(N)=O)CC4)CC1. The molecule has 4 rings (SSSR count). The van der Waals surface area contributed by atoms with Gasteiger partial charge in [0.1, 0.15) is 22.9 Å². The Morgan fingerprint density at radius 3 is 2.61 bits per heavy atom. The van der Waals surface area contributed by atoms with E-state index in [-0.39, 0.29) is 30.1 Å². The van der Waals surface area contributed by atoms with E-state index in [1.165, 1.54) is 4.88 Å². The number of aryl methyl sites for hydroxylation is 1. The fraction of sp³-hybridized carbons (Fsp3) is 0.636. The summed E-state index contributed by atoms with van der Waals surface area (Å²) in [6, 6.07) is 0.0884. The number of nitrogens with one attached hydrogen (secondary N) is 1. The van der Waals surface area contributed by atoms with E-state index in [2.05, 4.69) is 15.3 Å². The Morgan fingerprint density at radius 2 is 1.94 bits per heavy atom. The number of ether oxygens (including phenoxy) is 2. The predicted octanol–water partition coefficient (Wildman–Crippen LogP) is 3.81. The molecule has 0 bridgehead atoms. The van der Waals surface area contributed by atoms with Crippen LogP contribution in [-0.4, -0.2) is 39.7 Å². The van der Waals surface area contributed by atoms with Crippen molar-refractivity contribution in [3.63, 3.8) is 0 Å². The van der Waals surface area contributed by atoms with E-state index in [0.29, 0.717) is 12.3 Å². The van der Waals surface area contributed by atoms with Crippen LogP contribution in [0, 0.1) is 0 Å².